The first-order valence-electron chi connectivity index (χ1n) is 9.15. The highest BCUT2D eigenvalue weighted by Crippen LogP contribution is 2.31. The third-order valence-corrected chi connectivity index (χ3v) is 5.15. The average molecular weight is 385 g/mol. The first-order chi connectivity index (χ1) is 13.1. The molecule has 7 nitrogen and oxygen atoms in total. The van der Waals surface area contributed by atoms with Crippen LogP contribution in [0.2, 0.25) is 0 Å². The molecule has 0 bridgehead atoms. The molecule has 0 saturated carbocycles. The van der Waals surface area contributed by atoms with E-state index in [1.807, 2.05) is 18.2 Å². The summed E-state index contributed by atoms with van der Waals surface area (Å²) in [6.07, 6.45) is 2.09. The van der Waals surface area contributed by atoms with Crippen LogP contribution in [0.1, 0.15) is 48.9 Å². The highest BCUT2D eigenvalue weighted by atomic mass is 32.1. The van der Waals surface area contributed by atoms with Gasteiger partial charge >= 0.3 is 0 Å². The summed E-state index contributed by atoms with van der Waals surface area (Å²) in [6.45, 7) is 6.08. The summed E-state index contributed by atoms with van der Waals surface area (Å²) in [5, 5.41) is 17.4. The van der Waals surface area contributed by atoms with E-state index in [4.69, 9.17) is 10.2 Å². The first kappa shape index (κ1) is 19.3. The molecule has 0 aromatic carbocycles. The van der Waals surface area contributed by atoms with E-state index in [2.05, 4.69) is 40.4 Å². The van der Waals surface area contributed by atoms with Crippen molar-refractivity contribution in [3.63, 3.8) is 0 Å². The van der Waals surface area contributed by atoms with Gasteiger partial charge in [-0.3, -0.25) is 9.69 Å². The van der Waals surface area contributed by atoms with Crippen molar-refractivity contribution in [3.05, 3.63) is 35.0 Å². The van der Waals surface area contributed by atoms with E-state index in [1.54, 1.807) is 5.38 Å². The van der Waals surface area contributed by atoms with Crippen molar-refractivity contribution in [3.8, 4) is 6.07 Å². The zero-order valence-corrected chi connectivity index (χ0v) is 16.4. The van der Waals surface area contributed by atoms with Gasteiger partial charge in [0, 0.05) is 11.9 Å². The van der Waals surface area contributed by atoms with Gasteiger partial charge in [0.15, 0.2) is 5.13 Å². The maximum absolute atomic E-state index is 12.1. The lowest BCUT2D eigenvalue weighted by molar-refractivity contribution is 0.0945. The highest BCUT2D eigenvalue weighted by Gasteiger charge is 2.26. The van der Waals surface area contributed by atoms with Crippen LogP contribution in [-0.2, 0) is 0 Å². The number of amides is 1. The van der Waals surface area contributed by atoms with Crippen molar-refractivity contribution in [2.75, 3.05) is 25.0 Å². The number of aromatic nitrogens is 2. The number of nitrogens with zero attached hydrogens (tertiary/aromatic N) is 4. The first-order valence-corrected chi connectivity index (χ1v) is 10.0. The third kappa shape index (κ3) is 5.02. The van der Waals surface area contributed by atoms with Crippen LogP contribution in [-0.4, -0.2) is 40.4 Å². The quantitative estimate of drug-likeness (QED) is 0.711. The van der Waals surface area contributed by atoms with Gasteiger partial charge in [0.05, 0.1) is 24.3 Å². The Hall–Kier alpha value is -2.50. The molecule has 0 radical (unpaired) electrons. The van der Waals surface area contributed by atoms with E-state index in [0.29, 0.717) is 35.7 Å². The van der Waals surface area contributed by atoms with Gasteiger partial charge in [0.2, 0.25) is 0 Å². The molecule has 0 aliphatic carbocycles. The van der Waals surface area contributed by atoms with Crippen LogP contribution in [0.4, 0.5) is 10.9 Å². The second kappa shape index (κ2) is 8.93. The SMILES string of the molecule is CC(C)CNC(=O)c1csc(Nc2cccc([C@@H]3CCCN3CC#N)n2)n1. The van der Waals surface area contributed by atoms with Crippen LogP contribution >= 0.6 is 11.3 Å². The van der Waals surface area contributed by atoms with E-state index in [-0.39, 0.29) is 11.9 Å². The molecule has 0 unspecified atom stereocenters. The Balaban J connectivity index is 1.67. The topological polar surface area (TPSA) is 93.9 Å². The Morgan fingerprint density at radius 2 is 2.30 bits per heavy atom. The molecule has 1 aliphatic rings. The second-order valence-corrected chi connectivity index (χ2v) is 7.86. The molecule has 1 amide bonds. The number of pyridine rings is 1. The Morgan fingerprint density at radius 1 is 1.44 bits per heavy atom. The molecule has 2 aromatic heterocycles. The standard InChI is InChI=1S/C19H24N6OS/c1-13(2)11-21-18(26)15-12-27-19(23-15)24-17-7-3-5-14(22-17)16-6-4-9-25(16)10-8-20/h3,5,7,12-13,16H,4,6,9-11H2,1-2H3,(H,21,26)(H,22,23,24)/t16-/m0/s1. The third-order valence-electron chi connectivity index (χ3n) is 4.39. The normalized spacial score (nSPS) is 17.0. The highest BCUT2D eigenvalue weighted by molar-refractivity contribution is 7.14. The summed E-state index contributed by atoms with van der Waals surface area (Å²) in [6, 6.07) is 8.25. The van der Waals surface area contributed by atoms with Crippen molar-refractivity contribution in [2.45, 2.75) is 32.7 Å². The van der Waals surface area contributed by atoms with Crippen LogP contribution in [0.15, 0.2) is 23.6 Å². The number of thiazole rings is 1. The molecular formula is C19H24N6OS. The smallest absolute Gasteiger partial charge is 0.270 e. The predicted molar refractivity (Wildman–Crippen MR) is 106 cm³/mol. The molecule has 8 heteroatoms. The summed E-state index contributed by atoms with van der Waals surface area (Å²) < 4.78 is 0. The minimum Gasteiger partial charge on any atom is -0.350 e. The summed E-state index contributed by atoms with van der Waals surface area (Å²) in [5.41, 5.74) is 1.37. The molecule has 1 fully saturated rings. The molecule has 1 saturated heterocycles. The summed E-state index contributed by atoms with van der Waals surface area (Å²) in [5.74, 6) is 0.931. The van der Waals surface area contributed by atoms with E-state index < -0.39 is 0 Å². The molecule has 3 heterocycles. The van der Waals surface area contributed by atoms with Crippen LogP contribution < -0.4 is 10.6 Å². The molecule has 2 aromatic rings. The summed E-state index contributed by atoms with van der Waals surface area (Å²) >= 11 is 1.38. The largest absolute Gasteiger partial charge is 0.350 e. The van der Waals surface area contributed by atoms with E-state index >= 15 is 0 Å². The molecule has 3 rings (SSSR count). The van der Waals surface area contributed by atoms with Gasteiger partial charge in [-0.05, 0) is 37.4 Å². The molecule has 2 N–H and O–H groups in total. The Morgan fingerprint density at radius 3 is 3.07 bits per heavy atom. The monoisotopic (exact) mass is 384 g/mol. The number of carbonyl (C=O) groups is 1. The predicted octanol–water partition coefficient (Wildman–Crippen LogP) is 3.33. The number of carbonyl (C=O) groups excluding carboxylic acids is 1. The van der Waals surface area contributed by atoms with Gasteiger partial charge < -0.3 is 10.6 Å². The second-order valence-electron chi connectivity index (χ2n) is 7.00. The average Bonchev–Trinajstić information content (AvgIpc) is 3.30. The minimum absolute atomic E-state index is 0.159. The maximum atomic E-state index is 12.1. The number of rotatable bonds is 7. The van der Waals surface area contributed by atoms with Crippen molar-refractivity contribution in [1.29, 1.82) is 5.26 Å². The van der Waals surface area contributed by atoms with Gasteiger partial charge in [0.25, 0.3) is 5.91 Å². The number of hydrogen-bond donors (Lipinski definition) is 2. The fraction of sp³-hybridized carbons (Fsp3) is 0.474. The molecule has 142 valence electrons. The zero-order valence-electron chi connectivity index (χ0n) is 15.6. The fourth-order valence-electron chi connectivity index (χ4n) is 3.08. The van der Waals surface area contributed by atoms with Crippen LogP contribution in [0.3, 0.4) is 0 Å². The van der Waals surface area contributed by atoms with E-state index in [1.165, 1.54) is 11.3 Å². The summed E-state index contributed by atoms with van der Waals surface area (Å²) in [7, 11) is 0. The van der Waals surface area contributed by atoms with Crippen LogP contribution in [0.5, 0.6) is 0 Å². The lowest BCUT2D eigenvalue weighted by Crippen LogP contribution is -2.27. The molecule has 27 heavy (non-hydrogen) atoms. The molecular weight excluding hydrogens is 360 g/mol. The van der Waals surface area contributed by atoms with E-state index in [0.717, 1.165) is 25.1 Å². The molecule has 1 atom stereocenters. The van der Waals surface area contributed by atoms with Gasteiger partial charge in [0.1, 0.15) is 11.5 Å². The van der Waals surface area contributed by atoms with Gasteiger partial charge in [-0.25, -0.2) is 9.97 Å². The number of hydrogen-bond acceptors (Lipinski definition) is 7. The van der Waals surface area contributed by atoms with E-state index in [9.17, 15) is 4.79 Å². The Labute approximate surface area is 163 Å². The van der Waals surface area contributed by atoms with Gasteiger partial charge in [-0.1, -0.05) is 19.9 Å². The minimum atomic E-state index is -0.159. The molecule has 0 spiro atoms. The Kier molecular flexibility index (Phi) is 6.37. The summed E-state index contributed by atoms with van der Waals surface area (Å²) in [4.78, 5) is 23.3. The fourth-order valence-corrected chi connectivity index (χ4v) is 3.78. The van der Waals surface area contributed by atoms with Crippen molar-refractivity contribution in [2.24, 2.45) is 5.92 Å². The number of nitriles is 1. The van der Waals surface area contributed by atoms with Crippen molar-refractivity contribution < 1.29 is 4.79 Å². The lowest BCUT2D eigenvalue weighted by Gasteiger charge is -2.21. The maximum Gasteiger partial charge on any atom is 0.270 e. The number of likely N-dealkylation sites (tertiary alicyclic amines) is 1. The Bertz CT molecular complexity index is 828. The van der Waals surface area contributed by atoms with Crippen LogP contribution in [0, 0.1) is 17.2 Å². The number of anilines is 2. The molecule has 1 aliphatic heterocycles. The lowest BCUT2D eigenvalue weighted by atomic mass is 10.1. The number of nitrogens with one attached hydrogen (secondary N) is 2. The van der Waals surface area contributed by atoms with Gasteiger partial charge in [-0.2, -0.15) is 5.26 Å². The van der Waals surface area contributed by atoms with Crippen molar-refractivity contribution in [1.82, 2.24) is 20.2 Å². The van der Waals surface area contributed by atoms with Crippen LogP contribution in [0.25, 0.3) is 0 Å². The van der Waals surface area contributed by atoms with Crippen molar-refractivity contribution >= 4 is 28.2 Å². The zero-order chi connectivity index (χ0) is 19.2. The van der Waals surface area contributed by atoms with Gasteiger partial charge in [-0.15, -0.1) is 11.3 Å².